The molecular formula is C20H24N2O6. The number of carbonyl (C=O) groups is 2. The molecule has 8 nitrogen and oxygen atoms in total. The molecule has 2 aromatic rings. The van der Waals surface area contributed by atoms with Crippen LogP contribution in [0.15, 0.2) is 34.9 Å². The number of furan rings is 1. The third-order valence-corrected chi connectivity index (χ3v) is 4.77. The van der Waals surface area contributed by atoms with Crippen molar-refractivity contribution in [2.75, 3.05) is 34.4 Å². The van der Waals surface area contributed by atoms with Gasteiger partial charge in [0.25, 0.3) is 11.8 Å². The van der Waals surface area contributed by atoms with E-state index in [0.29, 0.717) is 48.7 Å². The zero-order valence-electron chi connectivity index (χ0n) is 16.2. The third kappa shape index (κ3) is 4.05. The summed E-state index contributed by atoms with van der Waals surface area (Å²) in [6.07, 6.45) is 2.80. The predicted octanol–water partition coefficient (Wildman–Crippen LogP) is 2.34. The van der Waals surface area contributed by atoms with Crippen LogP contribution in [-0.2, 0) is 0 Å². The average Bonchev–Trinajstić information content (AvgIpc) is 3.27. The van der Waals surface area contributed by atoms with Gasteiger partial charge in [-0.25, -0.2) is 0 Å². The first-order valence-electron chi connectivity index (χ1n) is 9.01. The lowest BCUT2D eigenvalue weighted by atomic mass is 10.0. The minimum absolute atomic E-state index is 0.00147. The van der Waals surface area contributed by atoms with Gasteiger partial charge >= 0.3 is 0 Å². The van der Waals surface area contributed by atoms with E-state index in [1.165, 1.54) is 27.6 Å². The molecule has 150 valence electrons. The van der Waals surface area contributed by atoms with Gasteiger partial charge in [-0.1, -0.05) is 0 Å². The molecule has 3 rings (SSSR count). The Labute approximate surface area is 163 Å². The van der Waals surface area contributed by atoms with E-state index >= 15 is 0 Å². The third-order valence-electron chi connectivity index (χ3n) is 4.77. The second-order valence-corrected chi connectivity index (χ2v) is 6.43. The van der Waals surface area contributed by atoms with Gasteiger partial charge in [0.15, 0.2) is 17.3 Å². The molecule has 1 N–H and O–H groups in total. The molecule has 0 bridgehead atoms. The highest BCUT2D eigenvalue weighted by Crippen LogP contribution is 2.38. The highest BCUT2D eigenvalue weighted by molar-refractivity contribution is 5.96. The van der Waals surface area contributed by atoms with Crippen molar-refractivity contribution in [2.24, 2.45) is 0 Å². The molecule has 0 radical (unpaired) electrons. The fourth-order valence-corrected chi connectivity index (χ4v) is 3.28. The van der Waals surface area contributed by atoms with Gasteiger partial charge in [-0.05, 0) is 37.1 Å². The molecule has 2 amide bonds. The van der Waals surface area contributed by atoms with E-state index < -0.39 is 0 Å². The normalized spacial score (nSPS) is 14.5. The molecule has 0 aliphatic carbocycles. The largest absolute Gasteiger partial charge is 0.493 e. The van der Waals surface area contributed by atoms with E-state index in [2.05, 4.69) is 5.32 Å². The van der Waals surface area contributed by atoms with Crippen LogP contribution in [0, 0.1) is 0 Å². The van der Waals surface area contributed by atoms with Gasteiger partial charge in [-0.2, -0.15) is 0 Å². The van der Waals surface area contributed by atoms with Crippen LogP contribution in [0.4, 0.5) is 0 Å². The number of hydrogen-bond donors (Lipinski definition) is 1. The number of piperidine rings is 1. The predicted molar refractivity (Wildman–Crippen MR) is 101 cm³/mol. The smallest absolute Gasteiger partial charge is 0.287 e. The zero-order valence-corrected chi connectivity index (χ0v) is 16.2. The summed E-state index contributed by atoms with van der Waals surface area (Å²) in [4.78, 5) is 26.8. The number of hydrogen-bond acceptors (Lipinski definition) is 6. The molecule has 0 atom stereocenters. The molecule has 1 aliphatic heterocycles. The van der Waals surface area contributed by atoms with Crippen LogP contribution in [-0.4, -0.2) is 57.2 Å². The minimum atomic E-state index is -0.237. The molecular weight excluding hydrogens is 364 g/mol. The summed E-state index contributed by atoms with van der Waals surface area (Å²) >= 11 is 0. The number of carbonyl (C=O) groups excluding carboxylic acids is 2. The standard InChI is InChI=1S/C20H24N2O6/c1-25-16-11-13(12-17(26-2)18(16)27-3)20(24)22-8-6-14(7-9-22)21-19(23)15-5-4-10-28-15/h4-5,10-12,14H,6-9H2,1-3H3,(H,21,23). The summed E-state index contributed by atoms with van der Waals surface area (Å²) in [7, 11) is 4.54. The molecule has 0 unspecified atom stereocenters. The Morgan fingerprint density at radius 1 is 1.07 bits per heavy atom. The van der Waals surface area contributed by atoms with E-state index in [1.807, 2.05) is 0 Å². The maximum Gasteiger partial charge on any atom is 0.287 e. The number of nitrogens with zero attached hydrogens (tertiary/aromatic N) is 1. The quantitative estimate of drug-likeness (QED) is 0.817. The molecule has 1 aliphatic rings. The number of ether oxygens (including phenoxy) is 3. The number of rotatable bonds is 6. The summed E-state index contributed by atoms with van der Waals surface area (Å²) in [6, 6.07) is 6.59. The van der Waals surface area contributed by atoms with Crippen LogP contribution in [0.5, 0.6) is 17.2 Å². The molecule has 28 heavy (non-hydrogen) atoms. The van der Waals surface area contributed by atoms with Gasteiger partial charge in [0.1, 0.15) is 0 Å². The van der Waals surface area contributed by atoms with E-state index in [9.17, 15) is 9.59 Å². The average molecular weight is 388 g/mol. The van der Waals surface area contributed by atoms with Crippen molar-refractivity contribution < 1.29 is 28.2 Å². The lowest BCUT2D eigenvalue weighted by molar-refractivity contribution is 0.0695. The van der Waals surface area contributed by atoms with Gasteiger partial charge in [0, 0.05) is 24.7 Å². The number of benzene rings is 1. The number of methoxy groups -OCH3 is 3. The molecule has 0 spiro atoms. The molecule has 1 aromatic carbocycles. The second kappa shape index (κ2) is 8.69. The summed E-state index contributed by atoms with van der Waals surface area (Å²) < 4.78 is 21.0. The van der Waals surface area contributed by atoms with Crippen molar-refractivity contribution >= 4 is 11.8 Å². The highest BCUT2D eigenvalue weighted by atomic mass is 16.5. The Morgan fingerprint density at radius 2 is 1.71 bits per heavy atom. The van der Waals surface area contributed by atoms with Gasteiger partial charge in [-0.15, -0.1) is 0 Å². The Bertz CT molecular complexity index is 800. The Hall–Kier alpha value is -3.16. The van der Waals surface area contributed by atoms with Crippen molar-refractivity contribution in [3.05, 3.63) is 41.9 Å². The van der Waals surface area contributed by atoms with Gasteiger partial charge in [0.2, 0.25) is 5.75 Å². The van der Waals surface area contributed by atoms with Crippen molar-refractivity contribution in [2.45, 2.75) is 18.9 Å². The van der Waals surface area contributed by atoms with Crippen LogP contribution < -0.4 is 19.5 Å². The number of nitrogens with one attached hydrogen (secondary N) is 1. The van der Waals surface area contributed by atoms with Crippen LogP contribution >= 0.6 is 0 Å². The lowest BCUT2D eigenvalue weighted by Gasteiger charge is -2.32. The fraction of sp³-hybridized carbons (Fsp3) is 0.400. The van der Waals surface area contributed by atoms with Crippen LogP contribution in [0.25, 0.3) is 0 Å². The maximum absolute atomic E-state index is 12.9. The Kier molecular flexibility index (Phi) is 6.08. The van der Waals surface area contributed by atoms with Crippen LogP contribution in [0.3, 0.4) is 0 Å². The van der Waals surface area contributed by atoms with Crippen LogP contribution in [0.2, 0.25) is 0 Å². The van der Waals surface area contributed by atoms with Gasteiger partial charge in [0.05, 0.1) is 27.6 Å². The minimum Gasteiger partial charge on any atom is -0.493 e. The fourth-order valence-electron chi connectivity index (χ4n) is 3.28. The number of likely N-dealkylation sites (tertiary alicyclic amines) is 1. The lowest BCUT2D eigenvalue weighted by Crippen LogP contribution is -2.46. The molecule has 8 heteroatoms. The summed E-state index contributed by atoms with van der Waals surface area (Å²) in [5.74, 6) is 1.25. The monoisotopic (exact) mass is 388 g/mol. The number of amides is 2. The molecule has 1 saturated heterocycles. The van der Waals surface area contributed by atoms with Crippen molar-refractivity contribution in [1.82, 2.24) is 10.2 Å². The summed E-state index contributed by atoms with van der Waals surface area (Å²) in [6.45, 7) is 1.08. The van der Waals surface area contributed by atoms with Gasteiger partial charge < -0.3 is 28.8 Å². The summed E-state index contributed by atoms with van der Waals surface area (Å²) in [5, 5.41) is 2.94. The second-order valence-electron chi connectivity index (χ2n) is 6.43. The zero-order chi connectivity index (χ0) is 20.1. The topological polar surface area (TPSA) is 90.2 Å². The van der Waals surface area contributed by atoms with E-state index in [-0.39, 0.29) is 23.6 Å². The van der Waals surface area contributed by atoms with Crippen molar-refractivity contribution in [3.8, 4) is 17.2 Å². The van der Waals surface area contributed by atoms with E-state index in [4.69, 9.17) is 18.6 Å². The van der Waals surface area contributed by atoms with E-state index in [1.54, 1.807) is 29.2 Å². The maximum atomic E-state index is 12.9. The van der Waals surface area contributed by atoms with Crippen molar-refractivity contribution in [3.63, 3.8) is 0 Å². The Morgan fingerprint density at radius 3 is 2.21 bits per heavy atom. The van der Waals surface area contributed by atoms with Gasteiger partial charge in [-0.3, -0.25) is 9.59 Å². The Balaban J connectivity index is 1.64. The molecule has 1 fully saturated rings. The SMILES string of the molecule is COc1cc(C(=O)N2CCC(NC(=O)c3ccco3)CC2)cc(OC)c1OC. The molecule has 2 heterocycles. The first-order valence-corrected chi connectivity index (χ1v) is 9.01. The highest BCUT2D eigenvalue weighted by Gasteiger charge is 2.27. The first kappa shape index (κ1) is 19.6. The van der Waals surface area contributed by atoms with E-state index in [0.717, 1.165) is 0 Å². The van der Waals surface area contributed by atoms with Crippen molar-refractivity contribution in [1.29, 1.82) is 0 Å². The van der Waals surface area contributed by atoms with Crippen LogP contribution in [0.1, 0.15) is 33.8 Å². The molecule has 1 aromatic heterocycles. The first-order chi connectivity index (χ1) is 13.6. The summed E-state index contributed by atoms with van der Waals surface area (Å²) in [5.41, 5.74) is 0.465. The molecule has 0 saturated carbocycles.